The quantitative estimate of drug-likeness (QED) is 0.407. The maximum atomic E-state index is 10.1. The van der Waals surface area contributed by atoms with E-state index in [-0.39, 0.29) is 59.1 Å². The second-order valence-corrected chi connectivity index (χ2v) is 1.66. The molecule has 0 saturated heterocycles. The van der Waals surface area contributed by atoms with E-state index < -0.39 is 22.8 Å². The minimum atomic E-state index is -1.41. The van der Waals surface area contributed by atoms with E-state index in [1.807, 2.05) is 0 Å². The van der Waals surface area contributed by atoms with E-state index in [0.717, 1.165) is 0 Å². The van der Waals surface area contributed by atoms with Crippen LogP contribution in [-0.2, 0) is 0 Å². The molecule has 1 aromatic heterocycles. The van der Waals surface area contributed by atoms with Gasteiger partial charge in [-0.15, -0.1) is 20.4 Å². The van der Waals surface area contributed by atoms with Gasteiger partial charge in [0.25, 0.3) is 0 Å². The third-order valence-electron chi connectivity index (χ3n) is 0.861. The zero-order valence-electron chi connectivity index (χ0n) is 7.50. The molecule has 0 aliphatic rings. The summed E-state index contributed by atoms with van der Waals surface area (Å²) >= 11 is 0. The number of aliphatic hydroxyl groups excluding tert-OH is 2. The fourth-order valence-corrected chi connectivity index (χ4v) is 0.401. The zero-order valence-corrected chi connectivity index (χ0v) is 11.5. The van der Waals surface area contributed by atoms with E-state index in [1.54, 1.807) is 0 Å². The largest absolute Gasteiger partial charge is 1.00 e. The Balaban J connectivity index is 0. The minimum absolute atomic E-state index is 0. The summed E-state index contributed by atoms with van der Waals surface area (Å²) in [5, 5.41) is 48.8. The summed E-state index contributed by atoms with van der Waals surface area (Å²) < 4.78 is 0. The molecular formula is C4H2N4Na2O4. The van der Waals surface area contributed by atoms with Crippen molar-refractivity contribution >= 4 is 11.9 Å². The average Bonchev–Trinajstić information content (AvgIpc) is 2.04. The van der Waals surface area contributed by atoms with Crippen molar-refractivity contribution in [3.63, 3.8) is 0 Å². The van der Waals surface area contributed by atoms with E-state index in [1.165, 1.54) is 0 Å². The molecule has 1 heterocycles. The minimum Gasteiger partial charge on any atom is -0.627 e. The van der Waals surface area contributed by atoms with Crippen LogP contribution < -0.4 is 80.3 Å². The fraction of sp³-hybridized carbons (Fsp3) is 0. The predicted molar refractivity (Wildman–Crippen MR) is 28.9 cm³/mol. The Morgan fingerprint density at radius 3 is 1.14 bits per heavy atom. The summed E-state index contributed by atoms with van der Waals surface area (Å²) in [6, 6.07) is 0. The molecule has 0 saturated carbocycles. The smallest absolute Gasteiger partial charge is 0.627 e. The van der Waals surface area contributed by atoms with Gasteiger partial charge in [0.2, 0.25) is 11.0 Å². The summed E-state index contributed by atoms with van der Waals surface area (Å²) in [7, 11) is 0. The van der Waals surface area contributed by atoms with Gasteiger partial charge in [-0.2, -0.15) is 0 Å². The Bertz CT molecular complexity index is 340. The molecule has 0 aliphatic carbocycles. The van der Waals surface area contributed by atoms with Gasteiger partial charge in [-0.05, 0) is 0 Å². The molecule has 10 heteroatoms. The number of rotatable bonds is 0. The van der Waals surface area contributed by atoms with Crippen molar-refractivity contribution in [2.45, 2.75) is 0 Å². The molecule has 2 N–H and O–H groups in total. The van der Waals surface area contributed by atoms with Crippen molar-refractivity contribution in [2.24, 2.45) is 0 Å². The van der Waals surface area contributed by atoms with E-state index in [0.29, 0.717) is 0 Å². The Kier molecular flexibility index (Phi) is 8.40. The van der Waals surface area contributed by atoms with Gasteiger partial charge in [0, 0.05) is 0 Å². The summed E-state index contributed by atoms with van der Waals surface area (Å²) in [5.41, 5.74) is -1.28. The van der Waals surface area contributed by atoms with Gasteiger partial charge in [-0.25, -0.2) is 0 Å². The second-order valence-electron chi connectivity index (χ2n) is 1.66. The second kappa shape index (κ2) is 7.21. The van der Waals surface area contributed by atoms with Crippen LogP contribution in [0.15, 0.2) is 0 Å². The van der Waals surface area contributed by atoms with Crippen LogP contribution in [0.5, 0.6) is 0 Å². The van der Waals surface area contributed by atoms with Gasteiger partial charge in [0.1, 0.15) is 0 Å². The van der Waals surface area contributed by atoms with Crippen molar-refractivity contribution in [2.75, 3.05) is 0 Å². The number of aromatic nitrogens is 4. The normalized spacial score (nSPS) is 8.00. The number of hydrogen-bond donors (Lipinski definition) is 2. The number of hydrogen-bond acceptors (Lipinski definition) is 8. The summed E-state index contributed by atoms with van der Waals surface area (Å²) in [6.07, 6.45) is 0. The molecule has 0 spiro atoms. The van der Waals surface area contributed by atoms with Crippen LogP contribution in [-0.4, -0.2) is 30.6 Å². The molecule has 0 aliphatic heterocycles. The monoisotopic (exact) mass is 216 g/mol. The van der Waals surface area contributed by atoms with Gasteiger partial charge in [0.15, 0.2) is 0 Å². The van der Waals surface area contributed by atoms with Gasteiger partial charge >= 0.3 is 59.1 Å². The maximum Gasteiger partial charge on any atom is 1.00 e. The first-order chi connectivity index (χ1) is 5.61. The van der Waals surface area contributed by atoms with Gasteiger partial charge in [-0.1, -0.05) is 0 Å². The van der Waals surface area contributed by atoms with E-state index in [4.69, 9.17) is 10.2 Å². The molecule has 0 aromatic carbocycles. The van der Waals surface area contributed by atoms with Gasteiger partial charge in [-0.3, -0.25) is 0 Å². The van der Waals surface area contributed by atoms with Crippen LogP contribution >= 0.6 is 0 Å². The van der Waals surface area contributed by atoms with E-state index in [9.17, 15) is 10.2 Å². The van der Waals surface area contributed by atoms with Crippen LogP contribution in [0.25, 0.3) is 11.9 Å². The Morgan fingerprint density at radius 1 is 0.786 bits per heavy atom. The predicted octanol–water partition coefficient (Wildman–Crippen LogP) is -10.8. The third-order valence-corrected chi connectivity index (χ3v) is 0.861. The molecule has 0 atom stereocenters. The van der Waals surface area contributed by atoms with Crippen molar-refractivity contribution in [1.29, 1.82) is 0 Å². The van der Waals surface area contributed by atoms with Crippen molar-refractivity contribution in [1.82, 2.24) is 20.4 Å². The van der Waals surface area contributed by atoms with Gasteiger partial charge < -0.3 is 20.4 Å². The van der Waals surface area contributed by atoms with Crippen molar-refractivity contribution in [3.8, 4) is 0 Å². The number of aliphatic hydroxyl groups is 2. The molecule has 0 bridgehead atoms. The molecule has 1 aromatic rings. The topological polar surface area (TPSA) is 138 Å². The maximum absolute atomic E-state index is 10.1. The molecule has 8 nitrogen and oxygen atoms in total. The Morgan fingerprint density at radius 2 is 1.00 bits per heavy atom. The molecule has 1 rings (SSSR count). The molecule has 0 amide bonds. The standard InChI is InChI=1S/C4H4N4O4.2Na/c9-3(10)1-5-7-2(4(11)12)8-6-1;;/h9-12H;;/q;2*+1/p-2. The molecule has 0 fully saturated rings. The Labute approximate surface area is 122 Å². The summed E-state index contributed by atoms with van der Waals surface area (Å²) in [5.74, 6) is -2.82. The molecule has 64 valence electrons. The van der Waals surface area contributed by atoms with Crippen molar-refractivity contribution in [3.05, 3.63) is 11.0 Å². The third kappa shape index (κ3) is 4.40. The van der Waals surface area contributed by atoms with Crippen LogP contribution in [0, 0.1) is 0 Å². The first-order valence-corrected chi connectivity index (χ1v) is 2.65. The van der Waals surface area contributed by atoms with Gasteiger partial charge in [0.05, 0.1) is 11.9 Å². The zero-order chi connectivity index (χ0) is 9.14. The SMILES string of the molecule is [Na+].[Na+].[O-]C(O)=c1nnc(=C([O-])O)nn1. The number of nitrogens with zero attached hydrogens (tertiary/aromatic N) is 4. The fourth-order valence-electron chi connectivity index (χ4n) is 0.401. The average molecular weight is 216 g/mol. The first-order valence-electron chi connectivity index (χ1n) is 2.65. The van der Waals surface area contributed by atoms with E-state index >= 15 is 0 Å². The summed E-state index contributed by atoms with van der Waals surface area (Å²) in [6.45, 7) is 0. The Hall–Kier alpha value is -0.120. The first kappa shape index (κ1) is 16.3. The van der Waals surface area contributed by atoms with Crippen LogP contribution in [0.1, 0.15) is 0 Å². The molecule has 14 heavy (non-hydrogen) atoms. The van der Waals surface area contributed by atoms with Crippen LogP contribution in [0.2, 0.25) is 0 Å². The van der Waals surface area contributed by atoms with Crippen LogP contribution in [0.3, 0.4) is 0 Å². The summed E-state index contributed by atoms with van der Waals surface area (Å²) in [4.78, 5) is 0. The molecule has 0 unspecified atom stereocenters. The van der Waals surface area contributed by atoms with E-state index in [2.05, 4.69) is 20.4 Å². The molecular weight excluding hydrogens is 214 g/mol. The molecule has 0 radical (unpaired) electrons. The van der Waals surface area contributed by atoms with Crippen LogP contribution in [0.4, 0.5) is 0 Å². The van der Waals surface area contributed by atoms with Crippen molar-refractivity contribution < 1.29 is 79.5 Å².